The van der Waals surface area contributed by atoms with E-state index in [0.29, 0.717) is 0 Å². The molecule has 0 aromatic carbocycles. The third-order valence-electron chi connectivity index (χ3n) is 1.97. The van der Waals surface area contributed by atoms with Gasteiger partial charge in [0.05, 0.1) is 17.6 Å². The molecule has 0 bridgehead atoms. The van der Waals surface area contributed by atoms with Crippen molar-refractivity contribution in [2.75, 3.05) is 6.61 Å². The van der Waals surface area contributed by atoms with E-state index < -0.39 is 18.0 Å². The Morgan fingerprint density at radius 1 is 1.59 bits per heavy atom. The van der Waals surface area contributed by atoms with Crippen LogP contribution in [0.1, 0.15) is 24.5 Å². The molecule has 0 radical (unpaired) electrons. The summed E-state index contributed by atoms with van der Waals surface area (Å²) in [5, 5.41) is 0. The number of pyridine rings is 1. The summed E-state index contributed by atoms with van der Waals surface area (Å²) in [5.41, 5.74) is -0.986. The second kappa shape index (κ2) is 5.90. The zero-order valence-corrected chi connectivity index (χ0v) is 10.5. The second-order valence-electron chi connectivity index (χ2n) is 3.18. The second-order valence-corrected chi connectivity index (χ2v) is 3.97. The van der Waals surface area contributed by atoms with E-state index in [1.54, 1.807) is 6.92 Å². The lowest BCUT2D eigenvalue weighted by molar-refractivity contribution is -0.142. The van der Waals surface area contributed by atoms with Gasteiger partial charge in [0.1, 0.15) is 0 Å². The van der Waals surface area contributed by atoms with Crippen LogP contribution in [0, 0.1) is 0 Å². The molecule has 94 valence electrons. The number of ether oxygens (including phenoxy) is 1. The average Bonchev–Trinajstić information content (AvgIpc) is 2.21. The number of hydrogen-bond acceptors (Lipinski definition) is 3. The fraction of sp³-hybridized carbons (Fsp3) is 0.400. The van der Waals surface area contributed by atoms with Crippen LogP contribution in [0.5, 0.6) is 0 Å². The quantitative estimate of drug-likeness (QED) is 0.685. The standard InChI is InChI=1S/C10H10BrF2NO3/c1-2-17-7(15)4-5-3-6(9(12)13)8(11)14-10(5)16/h3,9H,2,4H2,1H3,(H,14,16). The maximum absolute atomic E-state index is 12.6. The lowest BCUT2D eigenvalue weighted by atomic mass is 10.1. The average molecular weight is 310 g/mol. The first kappa shape index (κ1) is 13.8. The Morgan fingerprint density at radius 2 is 2.24 bits per heavy atom. The Hall–Kier alpha value is -1.24. The highest BCUT2D eigenvalue weighted by atomic mass is 79.9. The minimum atomic E-state index is -2.73. The van der Waals surface area contributed by atoms with Crippen LogP contribution in [-0.4, -0.2) is 17.6 Å². The molecule has 7 heteroatoms. The van der Waals surface area contributed by atoms with Crippen LogP contribution in [0.2, 0.25) is 0 Å². The minimum absolute atomic E-state index is 0.0399. The summed E-state index contributed by atoms with van der Waals surface area (Å²) < 4.78 is 29.7. The van der Waals surface area contributed by atoms with Crippen molar-refractivity contribution in [2.45, 2.75) is 19.8 Å². The van der Waals surface area contributed by atoms with Gasteiger partial charge in [-0.05, 0) is 28.9 Å². The van der Waals surface area contributed by atoms with Gasteiger partial charge in [0.25, 0.3) is 12.0 Å². The highest BCUT2D eigenvalue weighted by molar-refractivity contribution is 9.10. The zero-order chi connectivity index (χ0) is 13.0. The smallest absolute Gasteiger partial charge is 0.310 e. The van der Waals surface area contributed by atoms with Crippen LogP contribution < -0.4 is 5.56 Å². The number of aromatic amines is 1. The highest BCUT2D eigenvalue weighted by Crippen LogP contribution is 2.25. The number of nitrogens with one attached hydrogen (secondary N) is 1. The Balaban J connectivity index is 3.04. The molecular weight excluding hydrogens is 300 g/mol. The van der Waals surface area contributed by atoms with Gasteiger partial charge in [-0.3, -0.25) is 9.59 Å². The number of carbonyl (C=O) groups excluding carboxylic acids is 1. The van der Waals surface area contributed by atoms with Gasteiger partial charge in [-0.15, -0.1) is 0 Å². The highest BCUT2D eigenvalue weighted by Gasteiger charge is 2.16. The lowest BCUT2D eigenvalue weighted by Crippen LogP contribution is -2.19. The van der Waals surface area contributed by atoms with Gasteiger partial charge in [0.15, 0.2) is 0 Å². The number of rotatable bonds is 4. The zero-order valence-electron chi connectivity index (χ0n) is 8.93. The van der Waals surface area contributed by atoms with Crippen LogP contribution in [0.4, 0.5) is 8.78 Å². The summed E-state index contributed by atoms with van der Waals surface area (Å²) in [7, 11) is 0. The van der Waals surface area contributed by atoms with Crippen LogP contribution >= 0.6 is 15.9 Å². The van der Waals surface area contributed by atoms with Gasteiger partial charge >= 0.3 is 5.97 Å². The van der Waals surface area contributed by atoms with Crippen molar-refractivity contribution in [3.8, 4) is 0 Å². The van der Waals surface area contributed by atoms with Gasteiger partial charge in [0.2, 0.25) is 0 Å². The van der Waals surface area contributed by atoms with Gasteiger partial charge in [-0.25, -0.2) is 8.78 Å². The molecule has 1 N–H and O–H groups in total. The summed E-state index contributed by atoms with van der Waals surface area (Å²) in [6.45, 7) is 1.79. The number of carbonyl (C=O) groups is 1. The molecular formula is C10H10BrF2NO3. The van der Waals surface area contributed by atoms with E-state index in [-0.39, 0.29) is 28.8 Å². The fourth-order valence-electron chi connectivity index (χ4n) is 1.23. The summed E-state index contributed by atoms with van der Waals surface area (Å²) in [4.78, 5) is 24.8. The van der Waals surface area contributed by atoms with Gasteiger partial charge < -0.3 is 9.72 Å². The van der Waals surface area contributed by atoms with Crippen LogP contribution in [-0.2, 0) is 16.0 Å². The summed E-state index contributed by atoms with van der Waals surface area (Å²) in [6, 6.07) is 1.00. The molecule has 1 rings (SSSR count). The molecule has 0 fully saturated rings. The van der Waals surface area contributed by atoms with Crippen molar-refractivity contribution in [1.29, 1.82) is 0 Å². The molecule has 1 heterocycles. The van der Waals surface area contributed by atoms with Crippen LogP contribution in [0.3, 0.4) is 0 Å². The summed E-state index contributed by atoms with van der Waals surface area (Å²) in [6.07, 6.45) is -3.06. The molecule has 0 aliphatic carbocycles. The van der Waals surface area contributed by atoms with E-state index in [9.17, 15) is 18.4 Å². The first-order valence-corrected chi connectivity index (χ1v) is 5.60. The molecule has 0 spiro atoms. The first-order valence-electron chi connectivity index (χ1n) is 4.81. The maximum Gasteiger partial charge on any atom is 0.310 e. The third kappa shape index (κ3) is 3.62. The van der Waals surface area contributed by atoms with E-state index in [0.717, 1.165) is 6.07 Å². The number of aromatic nitrogens is 1. The van der Waals surface area contributed by atoms with E-state index in [4.69, 9.17) is 0 Å². The minimum Gasteiger partial charge on any atom is -0.466 e. The van der Waals surface area contributed by atoms with Crippen molar-refractivity contribution in [1.82, 2.24) is 4.98 Å². The number of hydrogen-bond donors (Lipinski definition) is 1. The predicted molar refractivity (Wildman–Crippen MR) is 60.1 cm³/mol. The first-order chi connectivity index (χ1) is 7.95. The molecule has 17 heavy (non-hydrogen) atoms. The Morgan fingerprint density at radius 3 is 2.76 bits per heavy atom. The Bertz CT molecular complexity index is 473. The van der Waals surface area contributed by atoms with Crippen molar-refractivity contribution in [3.05, 3.63) is 32.2 Å². The van der Waals surface area contributed by atoms with Gasteiger partial charge in [-0.1, -0.05) is 0 Å². The predicted octanol–water partition coefficient (Wildman–Crippen LogP) is 2.18. The number of halogens is 3. The SMILES string of the molecule is CCOC(=O)Cc1cc(C(F)F)c(Br)[nH]c1=O. The van der Waals surface area contributed by atoms with Gasteiger partial charge in [0, 0.05) is 11.1 Å². The molecule has 0 saturated carbocycles. The molecule has 1 aromatic rings. The maximum atomic E-state index is 12.6. The Kier molecular flexibility index (Phi) is 4.80. The molecule has 0 saturated heterocycles. The third-order valence-corrected chi connectivity index (χ3v) is 2.63. The summed E-state index contributed by atoms with van der Waals surface area (Å²) >= 11 is 2.83. The van der Waals surface area contributed by atoms with Crippen molar-refractivity contribution >= 4 is 21.9 Å². The van der Waals surface area contributed by atoms with E-state index >= 15 is 0 Å². The monoisotopic (exact) mass is 309 g/mol. The number of esters is 1. The van der Waals surface area contributed by atoms with Crippen LogP contribution in [0.25, 0.3) is 0 Å². The molecule has 1 aromatic heterocycles. The van der Waals surface area contributed by atoms with Crippen molar-refractivity contribution in [3.63, 3.8) is 0 Å². The van der Waals surface area contributed by atoms with Crippen LogP contribution in [0.15, 0.2) is 15.5 Å². The molecule has 0 unspecified atom stereocenters. The van der Waals surface area contributed by atoms with Crippen molar-refractivity contribution < 1.29 is 18.3 Å². The molecule has 0 atom stereocenters. The molecule has 0 aliphatic heterocycles. The lowest BCUT2D eigenvalue weighted by Gasteiger charge is -2.06. The normalized spacial score (nSPS) is 10.6. The largest absolute Gasteiger partial charge is 0.466 e. The van der Waals surface area contributed by atoms with E-state index in [1.165, 1.54) is 0 Å². The molecule has 0 amide bonds. The van der Waals surface area contributed by atoms with E-state index in [1.807, 2.05) is 0 Å². The Labute approximate surface area is 104 Å². The number of H-pyrrole nitrogens is 1. The van der Waals surface area contributed by atoms with Gasteiger partial charge in [-0.2, -0.15) is 0 Å². The number of alkyl halides is 2. The van der Waals surface area contributed by atoms with Crippen molar-refractivity contribution in [2.24, 2.45) is 0 Å². The topological polar surface area (TPSA) is 59.2 Å². The fourth-order valence-corrected chi connectivity index (χ4v) is 1.69. The summed E-state index contributed by atoms with van der Waals surface area (Å²) in [5.74, 6) is -0.625. The molecule has 0 aliphatic rings. The van der Waals surface area contributed by atoms with E-state index in [2.05, 4.69) is 25.7 Å². The molecule has 4 nitrogen and oxygen atoms in total.